The van der Waals surface area contributed by atoms with Gasteiger partial charge in [0.2, 0.25) is 5.91 Å². The molecular formula is C12H23N3O. The summed E-state index contributed by atoms with van der Waals surface area (Å²) in [5.74, 6) is 0.159. The highest BCUT2D eigenvalue weighted by Gasteiger charge is 2.33. The molecule has 4 heteroatoms. The highest BCUT2D eigenvalue weighted by molar-refractivity contribution is 5.75. The maximum Gasteiger partial charge on any atom is 0.221 e. The van der Waals surface area contributed by atoms with Crippen LogP contribution in [0.4, 0.5) is 0 Å². The van der Waals surface area contributed by atoms with Crippen molar-refractivity contribution in [1.82, 2.24) is 15.5 Å². The van der Waals surface area contributed by atoms with E-state index in [0.29, 0.717) is 12.5 Å². The van der Waals surface area contributed by atoms with E-state index in [4.69, 9.17) is 0 Å². The number of nitrogens with one attached hydrogen (secondary N) is 2. The minimum absolute atomic E-state index is 0.159. The van der Waals surface area contributed by atoms with E-state index in [9.17, 15) is 4.79 Å². The molecule has 2 N–H and O–H groups in total. The van der Waals surface area contributed by atoms with Crippen molar-refractivity contribution in [3.8, 4) is 0 Å². The van der Waals surface area contributed by atoms with Gasteiger partial charge in [0.15, 0.2) is 0 Å². The molecule has 0 bridgehead atoms. The maximum atomic E-state index is 11.2. The Morgan fingerprint density at radius 2 is 2.19 bits per heavy atom. The van der Waals surface area contributed by atoms with E-state index in [1.165, 1.54) is 32.4 Å². The zero-order chi connectivity index (χ0) is 11.4. The Bertz CT molecular complexity index is 240. The van der Waals surface area contributed by atoms with Crippen LogP contribution in [0.3, 0.4) is 0 Å². The van der Waals surface area contributed by atoms with Crippen molar-refractivity contribution < 1.29 is 4.79 Å². The number of carbonyl (C=O) groups excluding carboxylic acids is 1. The summed E-state index contributed by atoms with van der Waals surface area (Å²) in [7, 11) is 0. The van der Waals surface area contributed by atoms with Gasteiger partial charge in [0.05, 0.1) is 0 Å². The summed E-state index contributed by atoms with van der Waals surface area (Å²) in [6.07, 6.45) is 4.64. The smallest absolute Gasteiger partial charge is 0.221 e. The molecule has 1 heterocycles. The van der Waals surface area contributed by atoms with Crippen LogP contribution in [-0.2, 0) is 4.79 Å². The van der Waals surface area contributed by atoms with Gasteiger partial charge in [-0.3, -0.25) is 9.69 Å². The van der Waals surface area contributed by atoms with Crippen LogP contribution in [0.1, 0.15) is 32.6 Å². The van der Waals surface area contributed by atoms with Crippen molar-refractivity contribution in [2.45, 2.75) is 44.7 Å². The molecule has 1 aliphatic heterocycles. The third-order valence-corrected chi connectivity index (χ3v) is 3.44. The van der Waals surface area contributed by atoms with E-state index in [1.54, 1.807) is 0 Å². The van der Waals surface area contributed by atoms with Crippen molar-refractivity contribution in [1.29, 1.82) is 0 Å². The van der Waals surface area contributed by atoms with Crippen LogP contribution in [0.25, 0.3) is 0 Å². The number of hydrogen-bond acceptors (Lipinski definition) is 3. The second-order valence-corrected chi connectivity index (χ2v) is 4.87. The van der Waals surface area contributed by atoms with Crippen LogP contribution < -0.4 is 10.6 Å². The molecule has 0 spiro atoms. The first kappa shape index (κ1) is 11.9. The third-order valence-electron chi connectivity index (χ3n) is 3.44. The van der Waals surface area contributed by atoms with E-state index in [0.717, 1.165) is 19.1 Å². The van der Waals surface area contributed by atoms with Crippen LogP contribution in [-0.4, -0.2) is 49.1 Å². The molecule has 2 fully saturated rings. The average molecular weight is 225 g/mol. The first-order chi connectivity index (χ1) is 7.79. The fourth-order valence-electron chi connectivity index (χ4n) is 2.40. The quantitative estimate of drug-likeness (QED) is 0.685. The Hall–Kier alpha value is -0.610. The predicted octanol–water partition coefficient (Wildman–Crippen LogP) is 0.339. The highest BCUT2D eigenvalue weighted by Crippen LogP contribution is 2.29. The number of carbonyl (C=O) groups is 1. The van der Waals surface area contributed by atoms with E-state index < -0.39 is 0 Å². The Morgan fingerprint density at radius 3 is 2.88 bits per heavy atom. The molecule has 16 heavy (non-hydrogen) atoms. The molecule has 1 atom stereocenters. The van der Waals surface area contributed by atoms with Crippen molar-refractivity contribution in [2.75, 3.05) is 26.2 Å². The van der Waals surface area contributed by atoms with Crippen molar-refractivity contribution >= 4 is 5.91 Å². The van der Waals surface area contributed by atoms with Crippen molar-refractivity contribution in [3.63, 3.8) is 0 Å². The Balaban J connectivity index is 1.55. The third kappa shape index (κ3) is 3.46. The van der Waals surface area contributed by atoms with E-state index >= 15 is 0 Å². The van der Waals surface area contributed by atoms with Gasteiger partial charge >= 0.3 is 0 Å². The molecule has 1 amide bonds. The number of rotatable bonds is 6. The molecule has 1 saturated heterocycles. The van der Waals surface area contributed by atoms with Crippen molar-refractivity contribution in [2.24, 2.45) is 0 Å². The van der Waals surface area contributed by atoms with Gasteiger partial charge in [0.1, 0.15) is 0 Å². The lowest BCUT2D eigenvalue weighted by molar-refractivity contribution is -0.120. The predicted molar refractivity (Wildman–Crippen MR) is 64.3 cm³/mol. The SMILES string of the molecule is CCNC(=O)CCNC1CCN(C2CC2)C1. The molecule has 4 nitrogen and oxygen atoms in total. The molecule has 92 valence electrons. The first-order valence-electron chi connectivity index (χ1n) is 6.53. The molecule has 1 aliphatic carbocycles. The van der Waals surface area contributed by atoms with Crippen LogP contribution in [0, 0.1) is 0 Å². The van der Waals surface area contributed by atoms with E-state index in [-0.39, 0.29) is 5.91 Å². The Kier molecular flexibility index (Phi) is 4.18. The summed E-state index contributed by atoms with van der Waals surface area (Å²) in [5, 5.41) is 6.30. The van der Waals surface area contributed by atoms with Gasteiger partial charge in [0, 0.05) is 44.7 Å². The molecule has 1 unspecified atom stereocenters. The molecule has 2 rings (SSSR count). The van der Waals surface area contributed by atoms with Gasteiger partial charge in [-0.15, -0.1) is 0 Å². The van der Waals surface area contributed by atoms with Crippen LogP contribution in [0.2, 0.25) is 0 Å². The van der Waals surface area contributed by atoms with E-state index in [2.05, 4.69) is 15.5 Å². The summed E-state index contributed by atoms with van der Waals surface area (Å²) in [5.41, 5.74) is 0. The lowest BCUT2D eigenvalue weighted by Gasteiger charge is -2.15. The number of hydrogen-bond donors (Lipinski definition) is 2. The fraction of sp³-hybridized carbons (Fsp3) is 0.917. The monoisotopic (exact) mass is 225 g/mol. The first-order valence-corrected chi connectivity index (χ1v) is 6.53. The largest absolute Gasteiger partial charge is 0.356 e. The molecule has 0 aromatic carbocycles. The Labute approximate surface area is 97.8 Å². The van der Waals surface area contributed by atoms with Crippen LogP contribution in [0.5, 0.6) is 0 Å². The lowest BCUT2D eigenvalue weighted by atomic mass is 10.2. The van der Waals surface area contributed by atoms with Gasteiger partial charge in [-0.1, -0.05) is 0 Å². The standard InChI is InChI=1S/C12H23N3O/c1-2-13-12(16)5-7-14-10-6-8-15(9-10)11-3-4-11/h10-11,14H,2-9H2,1H3,(H,13,16). The summed E-state index contributed by atoms with van der Waals surface area (Å²) >= 11 is 0. The number of nitrogens with zero attached hydrogens (tertiary/aromatic N) is 1. The second-order valence-electron chi connectivity index (χ2n) is 4.87. The normalized spacial score (nSPS) is 25.9. The summed E-state index contributed by atoms with van der Waals surface area (Å²) in [4.78, 5) is 13.8. The minimum atomic E-state index is 0.159. The Morgan fingerprint density at radius 1 is 1.38 bits per heavy atom. The molecule has 0 radical (unpaired) electrons. The molecule has 1 saturated carbocycles. The lowest BCUT2D eigenvalue weighted by Crippen LogP contribution is -2.36. The number of likely N-dealkylation sites (tertiary alicyclic amines) is 1. The van der Waals surface area contributed by atoms with Gasteiger partial charge in [-0.05, 0) is 26.2 Å². The van der Waals surface area contributed by atoms with Gasteiger partial charge in [-0.2, -0.15) is 0 Å². The summed E-state index contributed by atoms with van der Waals surface area (Å²) in [6, 6.07) is 1.49. The van der Waals surface area contributed by atoms with Gasteiger partial charge < -0.3 is 10.6 Å². The highest BCUT2D eigenvalue weighted by atomic mass is 16.1. The van der Waals surface area contributed by atoms with Gasteiger partial charge in [-0.25, -0.2) is 0 Å². The van der Waals surface area contributed by atoms with Crippen molar-refractivity contribution in [3.05, 3.63) is 0 Å². The van der Waals surface area contributed by atoms with Gasteiger partial charge in [0.25, 0.3) is 0 Å². The van der Waals surface area contributed by atoms with E-state index in [1.807, 2.05) is 6.92 Å². The minimum Gasteiger partial charge on any atom is -0.356 e. The molecule has 0 aromatic heterocycles. The topological polar surface area (TPSA) is 44.4 Å². The summed E-state index contributed by atoms with van der Waals surface area (Å²) in [6.45, 7) is 5.92. The van der Waals surface area contributed by atoms with Crippen LogP contribution >= 0.6 is 0 Å². The second kappa shape index (κ2) is 5.64. The number of amides is 1. The zero-order valence-corrected chi connectivity index (χ0v) is 10.2. The zero-order valence-electron chi connectivity index (χ0n) is 10.2. The molecular weight excluding hydrogens is 202 g/mol. The molecule has 0 aromatic rings. The fourth-order valence-corrected chi connectivity index (χ4v) is 2.40. The molecule has 2 aliphatic rings. The maximum absolute atomic E-state index is 11.2. The summed E-state index contributed by atoms with van der Waals surface area (Å²) < 4.78 is 0. The average Bonchev–Trinajstić information content (AvgIpc) is 3.00. The van der Waals surface area contributed by atoms with Crippen LogP contribution in [0.15, 0.2) is 0 Å².